The molecule has 4 rings (SSSR count). The predicted octanol–water partition coefficient (Wildman–Crippen LogP) is 3.54. The number of nitrogens with one attached hydrogen (secondary N) is 1. The van der Waals surface area contributed by atoms with Crippen molar-refractivity contribution in [2.75, 3.05) is 25.1 Å². The molecular formula is C23H27FN4O. The zero-order valence-corrected chi connectivity index (χ0v) is 16.9. The summed E-state index contributed by atoms with van der Waals surface area (Å²) in [5, 5.41) is 1.91. The van der Waals surface area contributed by atoms with E-state index in [4.69, 9.17) is 0 Å². The van der Waals surface area contributed by atoms with Gasteiger partial charge >= 0.3 is 0 Å². The molecule has 2 heterocycles. The van der Waals surface area contributed by atoms with E-state index >= 15 is 0 Å². The van der Waals surface area contributed by atoms with Gasteiger partial charge in [-0.15, -0.1) is 0 Å². The number of hydrogen-bond acceptors (Lipinski definition) is 4. The number of rotatable bonds is 4. The molecule has 0 saturated carbocycles. The third-order valence-corrected chi connectivity index (χ3v) is 5.77. The smallest absolute Gasteiger partial charge is 0.258 e. The summed E-state index contributed by atoms with van der Waals surface area (Å²) in [5.74, 6) is -0.720. The summed E-state index contributed by atoms with van der Waals surface area (Å²) in [6.07, 6.45) is 5.32. The van der Waals surface area contributed by atoms with Crippen molar-refractivity contribution in [3.63, 3.8) is 0 Å². The quantitative estimate of drug-likeness (QED) is 0.861. The van der Waals surface area contributed by atoms with Crippen molar-refractivity contribution >= 4 is 11.6 Å². The summed E-state index contributed by atoms with van der Waals surface area (Å²) in [4.78, 5) is 17.7. The van der Waals surface area contributed by atoms with Gasteiger partial charge in [0.05, 0.1) is 11.3 Å². The van der Waals surface area contributed by atoms with Crippen LogP contribution in [0.4, 0.5) is 10.1 Å². The van der Waals surface area contributed by atoms with Crippen LogP contribution in [0.1, 0.15) is 28.8 Å². The number of aryl methyl sites for hydroxylation is 1. The van der Waals surface area contributed by atoms with Crippen LogP contribution in [0.3, 0.4) is 0 Å². The van der Waals surface area contributed by atoms with E-state index in [9.17, 15) is 9.18 Å². The second-order valence-corrected chi connectivity index (χ2v) is 7.80. The Morgan fingerprint density at radius 1 is 1.10 bits per heavy atom. The number of carbonyl (C=O) groups is 1. The van der Waals surface area contributed by atoms with Gasteiger partial charge in [0.2, 0.25) is 0 Å². The molecule has 1 amide bonds. The van der Waals surface area contributed by atoms with Crippen LogP contribution in [0, 0.1) is 12.7 Å². The highest BCUT2D eigenvalue weighted by Crippen LogP contribution is 2.26. The summed E-state index contributed by atoms with van der Waals surface area (Å²) in [6, 6.07) is 14.8. The minimum atomic E-state index is -0.463. The third-order valence-electron chi connectivity index (χ3n) is 5.77. The number of anilines is 1. The van der Waals surface area contributed by atoms with E-state index in [1.54, 1.807) is 19.1 Å². The maximum Gasteiger partial charge on any atom is 0.258 e. The molecule has 1 N–H and O–H groups in total. The van der Waals surface area contributed by atoms with E-state index in [1.807, 2.05) is 52.5 Å². The molecule has 152 valence electrons. The average molecular weight is 394 g/mol. The van der Waals surface area contributed by atoms with E-state index in [2.05, 4.69) is 17.4 Å². The largest absolute Gasteiger partial charge is 0.315 e. The number of nitrogens with zero attached hydrogens (tertiary/aromatic N) is 3. The van der Waals surface area contributed by atoms with Crippen molar-refractivity contribution in [2.24, 2.45) is 0 Å². The zero-order valence-electron chi connectivity index (χ0n) is 16.9. The molecule has 1 fully saturated rings. The lowest BCUT2D eigenvalue weighted by Gasteiger charge is -2.40. The van der Waals surface area contributed by atoms with Crippen molar-refractivity contribution in [3.05, 3.63) is 77.8 Å². The molecule has 2 aliphatic heterocycles. The molecule has 0 spiro atoms. The van der Waals surface area contributed by atoms with Crippen LogP contribution in [0.5, 0.6) is 0 Å². The van der Waals surface area contributed by atoms with Gasteiger partial charge in [-0.1, -0.05) is 30.3 Å². The minimum Gasteiger partial charge on any atom is -0.315 e. The third kappa shape index (κ3) is 4.04. The highest BCUT2D eigenvalue weighted by molar-refractivity contribution is 5.96. The van der Waals surface area contributed by atoms with Gasteiger partial charge in [-0.05, 0) is 69.7 Å². The number of para-hydroxylation sites is 1. The van der Waals surface area contributed by atoms with Crippen molar-refractivity contribution in [1.29, 1.82) is 0 Å². The van der Waals surface area contributed by atoms with Gasteiger partial charge in [0, 0.05) is 12.2 Å². The Bertz CT molecular complexity index is 873. The van der Waals surface area contributed by atoms with E-state index in [1.165, 1.54) is 6.07 Å². The summed E-state index contributed by atoms with van der Waals surface area (Å²) in [6.45, 7) is 3.63. The molecule has 1 atom stereocenters. The van der Waals surface area contributed by atoms with Crippen molar-refractivity contribution < 1.29 is 9.18 Å². The first-order chi connectivity index (χ1) is 14.0. The summed E-state index contributed by atoms with van der Waals surface area (Å²) in [5.41, 5.74) is 5.21. The number of halogens is 1. The van der Waals surface area contributed by atoms with E-state index in [-0.39, 0.29) is 23.7 Å². The first kappa shape index (κ1) is 19.6. The molecular weight excluding hydrogens is 367 g/mol. The van der Waals surface area contributed by atoms with E-state index < -0.39 is 5.82 Å². The minimum absolute atomic E-state index is 0.0515. The lowest BCUT2D eigenvalue weighted by Crippen LogP contribution is -2.56. The highest BCUT2D eigenvalue weighted by atomic mass is 19.1. The number of likely N-dealkylation sites (tertiary alicyclic amines) is 1. The van der Waals surface area contributed by atoms with Crippen molar-refractivity contribution in [1.82, 2.24) is 15.2 Å². The molecule has 0 aliphatic carbocycles. The molecule has 5 nitrogen and oxygen atoms in total. The number of piperidine rings is 1. The van der Waals surface area contributed by atoms with Gasteiger partial charge in [-0.2, -0.15) is 0 Å². The van der Waals surface area contributed by atoms with Crippen molar-refractivity contribution in [3.8, 4) is 0 Å². The molecule has 1 unspecified atom stereocenters. The zero-order chi connectivity index (χ0) is 20.4. The topological polar surface area (TPSA) is 38.8 Å². The predicted molar refractivity (Wildman–Crippen MR) is 113 cm³/mol. The Morgan fingerprint density at radius 3 is 2.52 bits per heavy atom. The summed E-state index contributed by atoms with van der Waals surface area (Å²) in [7, 11) is 2.09. The first-order valence-corrected chi connectivity index (χ1v) is 10.1. The Kier molecular flexibility index (Phi) is 5.65. The maximum absolute atomic E-state index is 14.6. The Labute approximate surface area is 171 Å². The summed E-state index contributed by atoms with van der Waals surface area (Å²) < 4.78 is 14.6. The SMILES string of the molecule is Cc1cccc(F)c1C(=O)N(C1CCN(C)CC1)C1C=CN(c2ccccc2)N1. The number of hydrazine groups is 1. The second-order valence-electron chi connectivity index (χ2n) is 7.80. The van der Waals surface area contributed by atoms with Crippen LogP contribution in [0.15, 0.2) is 60.8 Å². The fourth-order valence-electron chi connectivity index (χ4n) is 4.12. The second kappa shape index (κ2) is 8.35. The molecule has 0 aromatic heterocycles. The average Bonchev–Trinajstić information content (AvgIpc) is 3.20. The standard InChI is InChI=1S/C23H27FN4O/c1-17-7-6-10-20(24)22(17)23(29)28(19-11-14-26(2)15-12-19)21-13-16-27(25-21)18-8-4-3-5-9-18/h3-10,13,16,19,21,25H,11-12,14-15H2,1-2H3. The van der Waals surface area contributed by atoms with Crippen LogP contribution in [-0.4, -0.2) is 48.1 Å². The van der Waals surface area contributed by atoms with E-state index in [0.717, 1.165) is 31.6 Å². The fourth-order valence-corrected chi connectivity index (χ4v) is 4.12. The van der Waals surface area contributed by atoms with Gasteiger partial charge in [-0.3, -0.25) is 9.80 Å². The molecule has 29 heavy (non-hydrogen) atoms. The van der Waals surface area contributed by atoms with Gasteiger partial charge in [0.1, 0.15) is 12.0 Å². The molecule has 0 radical (unpaired) electrons. The molecule has 2 aromatic carbocycles. The molecule has 1 saturated heterocycles. The van der Waals surface area contributed by atoms with Gasteiger partial charge < -0.3 is 9.80 Å². The van der Waals surface area contributed by atoms with Gasteiger partial charge in [0.25, 0.3) is 5.91 Å². The number of carbonyl (C=O) groups excluding carboxylic acids is 1. The molecule has 2 aliphatic rings. The summed E-state index contributed by atoms with van der Waals surface area (Å²) >= 11 is 0. The van der Waals surface area contributed by atoms with Crippen LogP contribution in [-0.2, 0) is 0 Å². The van der Waals surface area contributed by atoms with Gasteiger partial charge in [0.15, 0.2) is 0 Å². The fraction of sp³-hybridized carbons (Fsp3) is 0.348. The van der Waals surface area contributed by atoms with Crippen molar-refractivity contribution in [2.45, 2.75) is 32.0 Å². The lowest BCUT2D eigenvalue weighted by molar-refractivity contribution is 0.0481. The first-order valence-electron chi connectivity index (χ1n) is 10.1. The molecule has 6 heteroatoms. The number of amides is 1. The normalized spacial score (nSPS) is 20.2. The number of hydrogen-bond donors (Lipinski definition) is 1. The maximum atomic E-state index is 14.6. The lowest BCUT2D eigenvalue weighted by atomic mass is 10.00. The number of benzene rings is 2. The van der Waals surface area contributed by atoms with Gasteiger partial charge in [-0.25, -0.2) is 9.82 Å². The highest BCUT2D eigenvalue weighted by Gasteiger charge is 2.36. The Morgan fingerprint density at radius 2 is 1.83 bits per heavy atom. The van der Waals surface area contributed by atoms with Crippen LogP contribution >= 0.6 is 0 Å². The molecule has 2 aromatic rings. The Balaban J connectivity index is 1.63. The monoisotopic (exact) mass is 394 g/mol. The van der Waals surface area contributed by atoms with E-state index in [0.29, 0.717) is 5.56 Å². The van der Waals surface area contributed by atoms with Crippen LogP contribution < -0.4 is 10.4 Å². The van der Waals surface area contributed by atoms with Crippen LogP contribution in [0.25, 0.3) is 0 Å². The van der Waals surface area contributed by atoms with Crippen LogP contribution in [0.2, 0.25) is 0 Å². The Hall–Kier alpha value is -2.70. The molecule has 0 bridgehead atoms.